The summed E-state index contributed by atoms with van der Waals surface area (Å²) in [5, 5.41) is 9.27. The monoisotopic (exact) mass is 270 g/mol. The van der Waals surface area contributed by atoms with Gasteiger partial charge in [-0.25, -0.2) is 0 Å². The highest BCUT2D eigenvalue weighted by atomic mass is 35.5. The molecule has 92 valence electrons. The number of halogens is 4. The number of alkyl halides is 3. The van der Waals surface area contributed by atoms with E-state index in [4.69, 9.17) is 16.9 Å². The number of nitriles is 1. The van der Waals surface area contributed by atoms with Crippen LogP contribution >= 0.6 is 11.6 Å². The van der Waals surface area contributed by atoms with Gasteiger partial charge < -0.3 is 4.98 Å². The number of nitrogens with zero attached hydrogens (tertiary/aromatic N) is 1. The van der Waals surface area contributed by atoms with E-state index in [1.807, 2.05) is 0 Å². The van der Waals surface area contributed by atoms with Crippen molar-refractivity contribution in [1.29, 1.82) is 5.26 Å². The zero-order valence-electron chi connectivity index (χ0n) is 8.85. The molecule has 2 aromatic rings. The largest absolute Gasteiger partial charge is 0.431 e. The molecular weight excluding hydrogens is 265 g/mol. The molecule has 0 bridgehead atoms. The van der Waals surface area contributed by atoms with Gasteiger partial charge in [0.15, 0.2) is 0 Å². The number of aromatic amines is 1. The van der Waals surface area contributed by atoms with E-state index < -0.39 is 11.9 Å². The molecule has 0 radical (unpaired) electrons. The van der Waals surface area contributed by atoms with E-state index in [1.54, 1.807) is 6.07 Å². The number of benzene rings is 1. The van der Waals surface area contributed by atoms with E-state index in [0.717, 1.165) is 6.20 Å². The summed E-state index contributed by atoms with van der Waals surface area (Å²) < 4.78 is 38.4. The van der Waals surface area contributed by atoms with Crippen LogP contribution in [0.25, 0.3) is 11.1 Å². The maximum atomic E-state index is 12.8. The highest BCUT2D eigenvalue weighted by Gasteiger charge is 2.36. The fraction of sp³-hybridized carbons (Fsp3) is 0.0833. The highest BCUT2D eigenvalue weighted by Crippen LogP contribution is 2.38. The van der Waals surface area contributed by atoms with Gasteiger partial charge in [-0.15, -0.1) is 0 Å². The van der Waals surface area contributed by atoms with Crippen molar-refractivity contribution < 1.29 is 13.2 Å². The van der Waals surface area contributed by atoms with Gasteiger partial charge in [-0.05, 0) is 17.7 Å². The first kappa shape index (κ1) is 12.5. The summed E-state index contributed by atoms with van der Waals surface area (Å²) in [5.74, 6) is 0. The Morgan fingerprint density at radius 3 is 2.28 bits per heavy atom. The molecular formula is C12H6ClF3N2. The Kier molecular flexibility index (Phi) is 3.05. The maximum Gasteiger partial charge on any atom is 0.431 e. The van der Waals surface area contributed by atoms with E-state index in [-0.39, 0.29) is 11.1 Å². The van der Waals surface area contributed by atoms with Crippen molar-refractivity contribution in [2.75, 3.05) is 0 Å². The predicted molar refractivity (Wildman–Crippen MR) is 61.0 cm³/mol. The third-order valence-electron chi connectivity index (χ3n) is 2.42. The Morgan fingerprint density at radius 1 is 1.17 bits per heavy atom. The molecule has 2 nitrogen and oxygen atoms in total. The highest BCUT2D eigenvalue weighted by molar-refractivity contribution is 6.30. The number of H-pyrrole nitrogens is 1. The lowest BCUT2D eigenvalue weighted by atomic mass is 10.0. The van der Waals surface area contributed by atoms with Gasteiger partial charge in [0.05, 0.1) is 5.56 Å². The van der Waals surface area contributed by atoms with Crippen LogP contribution in [0.3, 0.4) is 0 Å². The molecule has 0 saturated heterocycles. The molecule has 0 aliphatic rings. The van der Waals surface area contributed by atoms with Gasteiger partial charge in [0.1, 0.15) is 11.8 Å². The van der Waals surface area contributed by atoms with Crippen molar-refractivity contribution in [2.45, 2.75) is 6.18 Å². The number of rotatable bonds is 1. The summed E-state index contributed by atoms with van der Waals surface area (Å²) in [7, 11) is 0. The van der Waals surface area contributed by atoms with Crippen molar-refractivity contribution in [1.82, 2.24) is 4.98 Å². The van der Waals surface area contributed by atoms with E-state index in [9.17, 15) is 13.2 Å². The quantitative estimate of drug-likeness (QED) is 0.828. The van der Waals surface area contributed by atoms with Crippen molar-refractivity contribution >= 4 is 11.6 Å². The molecule has 1 heterocycles. The van der Waals surface area contributed by atoms with Gasteiger partial charge in [-0.1, -0.05) is 23.7 Å². The Hall–Kier alpha value is -1.93. The van der Waals surface area contributed by atoms with E-state index >= 15 is 0 Å². The van der Waals surface area contributed by atoms with Gasteiger partial charge in [-0.3, -0.25) is 0 Å². The third-order valence-corrected chi connectivity index (χ3v) is 2.67. The Balaban J connectivity index is 2.65. The molecule has 2 rings (SSSR count). The van der Waals surface area contributed by atoms with Crippen LogP contribution in [0.5, 0.6) is 0 Å². The predicted octanol–water partition coefficient (Wildman–Crippen LogP) is 4.23. The van der Waals surface area contributed by atoms with Gasteiger partial charge in [0.2, 0.25) is 0 Å². The van der Waals surface area contributed by atoms with Crippen LogP contribution in [0.15, 0.2) is 30.5 Å². The topological polar surface area (TPSA) is 39.6 Å². The Labute approximate surface area is 106 Å². The smallest absolute Gasteiger partial charge is 0.356 e. The lowest BCUT2D eigenvalue weighted by Crippen LogP contribution is -2.07. The first-order valence-electron chi connectivity index (χ1n) is 4.88. The second kappa shape index (κ2) is 4.39. The zero-order chi connectivity index (χ0) is 13.3. The molecule has 0 amide bonds. The Bertz CT molecular complexity index is 606. The average molecular weight is 271 g/mol. The maximum absolute atomic E-state index is 12.8. The lowest BCUT2D eigenvalue weighted by Gasteiger charge is -2.08. The van der Waals surface area contributed by atoms with Crippen LogP contribution in [0.1, 0.15) is 11.3 Å². The summed E-state index contributed by atoms with van der Waals surface area (Å²) in [5.41, 5.74) is -0.836. The Morgan fingerprint density at radius 2 is 1.78 bits per heavy atom. The number of hydrogen-bond donors (Lipinski definition) is 1. The second-order valence-electron chi connectivity index (χ2n) is 3.57. The van der Waals surface area contributed by atoms with Crippen molar-refractivity contribution in [3.8, 4) is 17.2 Å². The van der Waals surface area contributed by atoms with Crippen LogP contribution in [0.4, 0.5) is 13.2 Å². The molecule has 18 heavy (non-hydrogen) atoms. The standard InChI is InChI=1S/C12H6ClF3N2/c13-9-3-1-7(2-4-9)10-8(5-17)6-18-11(10)12(14,15)16/h1-4,6,18H. The van der Waals surface area contributed by atoms with Crippen LogP contribution < -0.4 is 0 Å². The van der Waals surface area contributed by atoms with Crippen LogP contribution in [-0.2, 0) is 6.18 Å². The van der Waals surface area contributed by atoms with Crippen molar-refractivity contribution in [2.24, 2.45) is 0 Å². The van der Waals surface area contributed by atoms with Crippen LogP contribution in [0.2, 0.25) is 5.02 Å². The molecule has 0 aliphatic carbocycles. The van der Waals surface area contributed by atoms with Crippen molar-refractivity contribution in [3.63, 3.8) is 0 Å². The summed E-state index contributed by atoms with van der Waals surface area (Å²) in [6, 6.07) is 7.58. The lowest BCUT2D eigenvalue weighted by molar-refractivity contribution is -0.140. The van der Waals surface area contributed by atoms with E-state index in [2.05, 4.69) is 4.98 Å². The van der Waals surface area contributed by atoms with E-state index in [1.165, 1.54) is 24.3 Å². The summed E-state index contributed by atoms with van der Waals surface area (Å²) in [4.78, 5) is 2.10. The number of aromatic nitrogens is 1. The molecule has 0 fully saturated rings. The van der Waals surface area contributed by atoms with Crippen LogP contribution in [-0.4, -0.2) is 4.98 Å². The van der Waals surface area contributed by atoms with Gasteiger partial charge in [0.25, 0.3) is 0 Å². The van der Waals surface area contributed by atoms with E-state index in [0.29, 0.717) is 10.6 Å². The molecule has 1 aromatic heterocycles. The normalized spacial score (nSPS) is 11.3. The number of nitrogens with one attached hydrogen (secondary N) is 1. The first-order valence-corrected chi connectivity index (χ1v) is 5.26. The SMILES string of the molecule is N#Cc1c[nH]c(C(F)(F)F)c1-c1ccc(Cl)cc1. The summed E-state index contributed by atoms with van der Waals surface area (Å²) >= 11 is 5.68. The molecule has 0 atom stereocenters. The average Bonchev–Trinajstić information content (AvgIpc) is 2.73. The summed E-state index contributed by atoms with van der Waals surface area (Å²) in [6.45, 7) is 0. The molecule has 6 heteroatoms. The minimum atomic E-state index is -4.54. The molecule has 1 aromatic carbocycles. The third kappa shape index (κ3) is 2.20. The minimum absolute atomic E-state index is 0.0513. The van der Waals surface area contributed by atoms with Gasteiger partial charge in [0, 0.05) is 16.8 Å². The fourth-order valence-electron chi connectivity index (χ4n) is 1.65. The molecule has 0 aliphatic heterocycles. The zero-order valence-corrected chi connectivity index (χ0v) is 9.60. The van der Waals surface area contributed by atoms with Crippen molar-refractivity contribution in [3.05, 3.63) is 46.7 Å². The molecule has 1 N–H and O–H groups in total. The summed E-state index contributed by atoms with van der Waals surface area (Å²) in [6.07, 6.45) is -3.49. The van der Waals surface area contributed by atoms with Gasteiger partial charge in [-0.2, -0.15) is 18.4 Å². The molecule has 0 unspecified atom stereocenters. The second-order valence-corrected chi connectivity index (χ2v) is 4.01. The minimum Gasteiger partial charge on any atom is -0.356 e. The first-order chi connectivity index (χ1) is 8.43. The fourth-order valence-corrected chi connectivity index (χ4v) is 1.78. The number of hydrogen-bond acceptors (Lipinski definition) is 1. The van der Waals surface area contributed by atoms with Gasteiger partial charge >= 0.3 is 6.18 Å². The molecule has 0 saturated carbocycles. The molecule has 0 spiro atoms. The van der Waals surface area contributed by atoms with Crippen LogP contribution in [0, 0.1) is 11.3 Å².